The molecule has 0 unspecified atom stereocenters. The van der Waals surface area contributed by atoms with Crippen molar-refractivity contribution in [3.05, 3.63) is 77.4 Å². The average molecular weight is 458 g/mol. The summed E-state index contributed by atoms with van der Waals surface area (Å²) in [6.45, 7) is 6.97. The van der Waals surface area contributed by atoms with Crippen molar-refractivity contribution in [2.75, 3.05) is 18.0 Å². The number of hydrogen-bond donors (Lipinski definition) is 1. The molecule has 6 nitrogen and oxygen atoms in total. The van der Waals surface area contributed by atoms with Gasteiger partial charge < -0.3 is 15.1 Å². The lowest BCUT2D eigenvalue weighted by Crippen LogP contribution is -2.47. The summed E-state index contributed by atoms with van der Waals surface area (Å²) in [6, 6.07) is 19.1. The number of nitrogens with one attached hydrogen (secondary N) is 1. The van der Waals surface area contributed by atoms with Gasteiger partial charge in [-0.05, 0) is 50.3 Å². The maximum atomic E-state index is 13.3. The number of nitrogens with zero attached hydrogens (tertiary/aromatic N) is 2. The van der Waals surface area contributed by atoms with E-state index in [1.165, 1.54) is 0 Å². The highest BCUT2D eigenvalue weighted by molar-refractivity contribution is 6.25. The van der Waals surface area contributed by atoms with Crippen molar-refractivity contribution in [1.29, 1.82) is 0 Å². The van der Waals surface area contributed by atoms with Crippen molar-refractivity contribution in [2.45, 2.75) is 46.2 Å². The van der Waals surface area contributed by atoms with Gasteiger partial charge in [0.25, 0.3) is 5.91 Å². The Morgan fingerprint density at radius 3 is 2.53 bits per heavy atom. The number of aryl methyl sites for hydroxylation is 1. The molecule has 176 valence electrons. The SMILES string of the molecule is CCNC(=O)[C@H](C)N(Cc1cccc(C)c1)C(=O)CCCN1C(=O)c2cccc3cccc1c23. The first-order chi connectivity index (χ1) is 16.4. The summed E-state index contributed by atoms with van der Waals surface area (Å²) in [6.07, 6.45) is 0.771. The molecule has 1 aliphatic heterocycles. The van der Waals surface area contributed by atoms with Crippen LogP contribution in [0.5, 0.6) is 0 Å². The van der Waals surface area contributed by atoms with Crippen LogP contribution in [-0.4, -0.2) is 41.8 Å². The van der Waals surface area contributed by atoms with E-state index in [9.17, 15) is 14.4 Å². The zero-order valence-corrected chi connectivity index (χ0v) is 20.0. The van der Waals surface area contributed by atoms with Crippen molar-refractivity contribution in [3.8, 4) is 0 Å². The minimum Gasteiger partial charge on any atom is -0.355 e. The molecule has 1 aliphatic rings. The molecule has 0 fully saturated rings. The second-order valence-electron chi connectivity index (χ2n) is 8.82. The van der Waals surface area contributed by atoms with E-state index in [2.05, 4.69) is 5.32 Å². The first kappa shape index (κ1) is 23.5. The van der Waals surface area contributed by atoms with E-state index >= 15 is 0 Å². The first-order valence-electron chi connectivity index (χ1n) is 11.9. The molecule has 3 aromatic carbocycles. The fourth-order valence-electron chi connectivity index (χ4n) is 4.64. The minimum absolute atomic E-state index is 0.0217. The number of rotatable bonds is 9. The molecule has 6 heteroatoms. The highest BCUT2D eigenvalue weighted by atomic mass is 16.2. The lowest BCUT2D eigenvalue weighted by molar-refractivity contribution is -0.140. The molecule has 3 amide bonds. The monoisotopic (exact) mass is 457 g/mol. The summed E-state index contributed by atoms with van der Waals surface area (Å²) in [5.74, 6) is -0.283. The number of likely N-dealkylation sites (N-methyl/N-ethyl adjacent to an activating group) is 1. The van der Waals surface area contributed by atoms with E-state index in [0.717, 1.165) is 27.6 Å². The maximum absolute atomic E-state index is 13.3. The lowest BCUT2D eigenvalue weighted by atomic mass is 10.1. The van der Waals surface area contributed by atoms with E-state index in [4.69, 9.17) is 0 Å². The van der Waals surface area contributed by atoms with Gasteiger partial charge in [0.05, 0.1) is 5.69 Å². The molecular weight excluding hydrogens is 426 g/mol. The number of amides is 3. The largest absolute Gasteiger partial charge is 0.355 e. The van der Waals surface area contributed by atoms with Gasteiger partial charge in [0.2, 0.25) is 11.8 Å². The second kappa shape index (κ2) is 10.1. The Bertz CT molecular complexity index is 1230. The van der Waals surface area contributed by atoms with E-state index in [1.807, 2.05) is 74.5 Å². The molecule has 0 saturated heterocycles. The van der Waals surface area contributed by atoms with E-state index in [1.54, 1.807) is 16.7 Å². The van der Waals surface area contributed by atoms with Gasteiger partial charge in [0.1, 0.15) is 6.04 Å². The van der Waals surface area contributed by atoms with Crippen molar-refractivity contribution in [2.24, 2.45) is 0 Å². The number of carbonyl (C=O) groups is 3. The normalized spacial score (nSPS) is 13.3. The fourth-order valence-corrected chi connectivity index (χ4v) is 4.64. The van der Waals surface area contributed by atoms with Crippen molar-refractivity contribution in [3.63, 3.8) is 0 Å². The van der Waals surface area contributed by atoms with Crippen molar-refractivity contribution < 1.29 is 14.4 Å². The third-order valence-corrected chi connectivity index (χ3v) is 6.38. The molecule has 4 rings (SSSR count). The minimum atomic E-state index is -0.584. The lowest BCUT2D eigenvalue weighted by Gasteiger charge is -2.29. The highest BCUT2D eigenvalue weighted by Crippen LogP contribution is 2.37. The van der Waals surface area contributed by atoms with Gasteiger partial charge in [-0.25, -0.2) is 0 Å². The Kier molecular flexibility index (Phi) is 6.96. The molecule has 34 heavy (non-hydrogen) atoms. The molecule has 0 saturated carbocycles. The standard InChI is InChI=1S/C28H31N3O3/c1-4-29-27(33)20(3)31(18-21-10-5-9-19(2)17-21)25(32)15-8-16-30-24-14-7-12-22-11-6-13-23(26(22)24)28(30)34/h5-7,9-14,17,20H,4,8,15-16,18H2,1-3H3,(H,29,33)/t20-/m0/s1. The zero-order valence-electron chi connectivity index (χ0n) is 20.0. The molecule has 1 N–H and O–H groups in total. The van der Waals surface area contributed by atoms with Gasteiger partial charge in [-0.1, -0.05) is 54.1 Å². The van der Waals surface area contributed by atoms with Gasteiger partial charge >= 0.3 is 0 Å². The van der Waals surface area contributed by atoms with Crippen LogP contribution >= 0.6 is 0 Å². The zero-order chi connectivity index (χ0) is 24.2. The molecule has 1 atom stereocenters. The Hall–Kier alpha value is -3.67. The molecule has 0 bridgehead atoms. The summed E-state index contributed by atoms with van der Waals surface area (Å²) in [7, 11) is 0. The first-order valence-corrected chi connectivity index (χ1v) is 11.9. The Balaban J connectivity index is 1.46. The van der Waals surface area contributed by atoms with Crippen LogP contribution in [0, 0.1) is 6.92 Å². The number of carbonyl (C=O) groups excluding carboxylic acids is 3. The maximum Gasteiger partial charge on any atom is 0.258 e. The summed E-state index contributed by atoms with van der Waals surface area (Å²) >= 11 is 0. The van der Waals surface area contributed by atoms with Gasteiger partial charge in [0.15, 0.2) is 0 Å². The summed E-state index contributed by atoms with van der Waals surface area (Å²) in [5, 5.41) is 4.84. The van der Waals surface area contributed by atoms with Crippen molar-refractivity contribution >= 4 is 34.2 Å². The second-order valence-corrected chi connectivity index (χ2v) is 8.82. The highest BCUT2D eigenvalue weighted by Gasteiger charge is 2.30. The van der Waals surface area contributed by atoms with Crippen LogP contribution < -0.4 is 10.2 Å². The third kappa shape index (κ3) is 4.67. The van der Waals surface area contributed by atoms with E-state index in [-0.39, 0.29) is 24.1 Å². The van der Waals surface area contributed by atoms with E-state index < -0.39 is 6.04 Å². The molecular formula is C28H31N3O3. The molecule has 1 heterocycles. The smallest absolute Gasteiger partial charge is 0.258 e. The molecule has 3 aromatic rings. The number of benzene rings is 3. The number of hydrogen-bond acceptors (Lipinski definition) is 3. The Morgan fingerprint density at radius 1 is 1.06 bits per heavy atom. The predicted molar refractivity (Wildman–Crippen MR) is 135 cm³/mol. The quantitative estimate of drug-likeness (QED) is 0.516. The Morgan fingerprint density at radius 2 is 1.79 bits per heavy atom. The summed E-state index contributed by atoms with van der Waals surface area (Å²) < 4.78 is 0. The fraction of sp³-hybridized carbons (Fsp3) is 0.321. The van der Waals surface area contributed by atoms with Crippen LogP contribution in [0.25, 0.3) is 10.8 Å². The van der Waals surface area contributed by atoms with Crippen LogP contribution in [0.1, 0.15) is 48.2 Å². The van der Waals surface area contributed by atoms with Crippen LogP contribution in [0.15, 0.2) is 60.7 Å². The van der Waals surface area contributed by atoms with Gasteiger partial charge in [0, 0.05) is 37.0 Å². The molecule has 0 aromatic heterocycles. The van der Waals surface area contributed by atoms with Crippen LogP contribution in [0.4, 0.5) is 5.69 Å². The summed E-state index contributed by atoms with van der Waals surface area (Å²) in [5.41, 5.74) is 3.71. The summed E-state index contributed by atoms with van der Waals surface area (Å²) in [4.78, 5) is 42.2. The van der Waals surface area contributed by atoms with Crippen LogP contribution in [0.2, 0.25) is 0 Å². The van der Waals surface area contributed by atoms with Gasteiger partial charge in [-0.15, -0.1) is 0 Å². The van der Waals surface area contributed by atoms with Gasteiger partial charge in [-0.3, -0.25) is 14.4 Å². The molecule has 0 radical (unpaired) electrons. The molecule has 0 spiro atoms. The third-order valence-electron chi connectivity index (χ3n) is 6.38. The van der Waals surface area contributed by atoms with Crippen molar-refractivity contribution in [1.82, 2.24) is 10.2 Å². The van der Waals surface area contributed by atoms with Gasteiger partial charge in [-0.2, -0.15) is 0 Å². The number of anilines is 1. The van der Waals surface area contributed by atoms with Crippen LogP contribution in [-0.2, 0) is 16.1 Å². The average Bonchev–Trinajstić information content (AvgIpc) is 3.10. The molecule has 0 aliphatic carbocycles. The topological polar surface area (TPSA) is 69.7 Å². The van der Waals surface area contributed by atoms with E-state index in [0.29, 0.717) is 31.6 Å². The van der Waals surface area contributed by atoms with Crippen LogP contribution in [0.3, 0.4) is 0 Å². The predicted octanol–water partition coefficient (Wildman–Crippen LogP) is 4.44. The Labute approximate surface area is 200 Å².